The van der Waals surface area contributed by atoms with Crippen molar-refractivity contribution in [1.29, 1.82) is 0 Å². The first kappa shape index (κ1) is 12.4. The van der Waals surface area contributed by atoms with E-state index in [0.717, 1.165) is 0 Å². The molecule has 1 aromatic rings. The number of amides is 2. The number of carbonyl (C=O) groups excluding carboxylic acids is 1. The Balaban J connectivity index is 1.78. The molecule has 0 spiro atoms. The van der Waals surface area contributed by atoms with Crippen LogP contribution in [-0.4, -0.2) is 41.5 Å². The highest BCUT2D eigenvalue weighted by Gasteiger charge is 2.34. The van der Waals surface area contributed by atoms with Crippen LogP contribution in [-0.2, 0) is 16.1 Å². The first-order valence-corrected chi connectivity index (χ1v) is 5.41. The van der Waals surface area contributed by atoms with Crippen molar-refractivity contribution >= 4 is 12.0 Å². The Kier molecular flexibility index (Phi) is 3.78. The van der Waals surface area contributed by atoms with E-state index in [-0.39, 0.29) is 19.8 Å². The molecular formula is C10H13N3O5. The molecule has 8 nitrogen and oxygen atoms in total. The van der Waals surface area contributed by atoms with Crippen LogP contribution >= 0.6 is 0 Å². The van der Waals surface area contributed by atoms with E-state index in [1.165, 1.54) is 6.26 Å². The minimum absolute atomic E-state index is 0.115. The van der Waals surface area contributed by atoms with Crippen LogP contribution in [0.25, 0.3) is 0 Å². The minimum Gasteiger partial charge on any atom is -0.481 e. The molecule has 0 aliphatic carbocycles. The minimum atomic E-state index is -0.977. The second kappa shape index (κ2) is 5.50. The smallest absolute Gasteiger partial charge is 0.315 e. The normalized spacial score (nSPS) is 22.7. The van der Waals surface area contributed by atoms with Gasteiger partial charge in [0, 0.05) is 6.07 Å². The van der Waals surface area contributed by atoms with E-state index in [1.54, 1.807) is 6.07 Å². The van der Waals surface area contributed by atoms with E-state index >= 15 is 0 Å². The Morgan fingerprint density at radius 1 is 1.50 bits per heavy atom. The van der Waals surface area contributed by atoms with E-state index < -0.39 is 24.0 Å². The van der Waals surface area contributed by atoms with Gasteiger partial charge in [0.2, 0.25) is 0 Å². The van der Waals surface area contributed by atoms with E-state index in [1.807, 2.05) is 0 Å². The van der Waals surface area contributed by atoms with Gasteiger partial charge in [-0.1, -0.05) is 5.16 Å². The number of rotatable bonds is 4. The largest absolute Gasteiger partial charge is 0.481 e. The lowest BCUT2D eigenvalue weighted by molar-refractivity contribution is -0.142. The number of urea groups is 1. The molecule has 2 rings (SSSR count). The molecule has 0 saturated carbocycles. The van der Waals surface area contributed by atoms with Crippen LogP contribution in [0, 0.1) is 5.92 Å². The fourth-order valence-electron chi connectivity index (χ4n) is 1.66. The van der Waals surface area contributed by atoms with Gasteiger partial charge in [-0.3, -0.25) is 4.79 Å². The van der Waals surface area contributed by atoms with Crippen molar-refractivity contribution < 1.29 is 24.0 Å². The summed E-state index contributed by atoms with van der Waals surface area (Å²) in [7, 11) is 0. The lowest BCUT2D eigenvalue weighted by atomic mass is 10.0. The van der Waals surface area contributed by atoms with Crippen molar-refractivity contribution in [3.63, 3.8) is 0 Å². The number of carbonyl (C=O) groups is 2. The van der Waals surface area contributed by atoms with Gasteiger partial charge in [0.25, 0.3) is 0 Å². The number of hydrogen-bond donors (Lipinski definition) is 3. The van der Waals surface area contributed by atoms with Crippen LogP contribution in [0.2, 0.25) is 0 Å². The highest BCUT2D eigenvalue weighted by molar-refractivity contribution is 5.77. The zero-order valence-electron chi connectivity index (χ0n) is 9.46. The van der Waals surface area contributed by atoms with Crippen LogP contribution in [0.15, 0.2) is 16.9 Å². The number of hydrogen-bond acceptors (Lipinski definition) is 5. The molecular weight excluding hydrogens is 242 g/mol. The monoisotopic (exact) mass is 255 g/mol. The number of carboxylic acids is 1. The third-order valence-electron chi connectivity index (χ3n) is 2.64. The van der Waals surface area contributed by atoms with Crippen molar-refractivity contribution in [1.82, 2.24) is 15.8 Å². The molecule has 3 N–H and O–H groups in total. The summed E-state index contributed by atoms with van der Waals surface area (Å²) in [5.74, 6) is -1.68. The number of aliphatic carboxylic acids is 1. The van der Waals surface area contributed by atoms with Gasteiger partial charge < -0.3 is 25.0 Å². The Labute approximate surface area is 102 Å². The van der Waals surface area contributed by atoms with Crippen molar-refractivity contribution in [2.24, 2.45) is 5.92 Å². The van der Waals surface area contributed by atoms with Crippen molar-refractivity contribution in [3.05, 3.63) is 18.0 Å². The number of nitrogens with zero attached hydrogens (tertiary/aromatic N) is 1. The predicted molar refractivity (Wildman–Crippen MR) is 57.6 cm³/mol. The summed E-state index contributed by atoms with van der Waals surface area (Å²) in [5.41, 5.74) is 0.586. The van der Waals surface area contributed by atoms with E-state index in [0.29, 0.717) is 5.69 Å². The van der Waals surface area contributed by atoms with Crippen LogP contribution < -0.4 is 10.6 Å². The zero-order chi connectivity index (χ0) is 13.0. The molecule has 2 unspecified atom stereocenters. The fraction of sp³-hybridized carbons (Fsp3) is 0.500. The number of carboxylic acid groups (broad SMARTS) is 1. The molecule has 0 radical (unpaired) electrons. The summed E-state index contributed by atoms with van der Waals surface area (Å²) in [5, 5.41) is 17.6. The van der Waals surface area contributed by atoms with Gasteiger partial charge >= 0.3 is 12.0 Å². The van der Waals surface area contributed by atoms with Crippen LogP contribution in [0.1, 0.15) is 5.69 Å². The second-order valence-electron chi connectivity index (χ2n) is 3.91. The van der Waals surface area contributed by atoms with Crippen molar-refractivity contribution in [2.45, 2.75) is 12.6 Å². The van der Waals surface area contributed by atoms with Crippen molar-refractivity contribution in [2.75, 3.05) is 13.2 Å². The first-order valence-electron chi connectivity index (χ1n) is 5.41. The Morgan fingerprint density at radius 2 is 2.33 bits per heavy atom. The topological polar surface area (TPSA) is 114 Å². The third-order valence-corrected chi connectivity index (χ3v) is 2.64. The molecule has 1 saturated heterocycles. The second-order valence-corrected chi connectivity index (χ2v) is 3.91. The Bertz CT molecular complexity index is 419. The molecule has 2 amide bonds. The van der Waals surface area contributed by atoms with Crippen molar-refractivity contribution in [3.8, 4) is 0 Å². The molecule has 1 fully saturated rings. The van der Waals surface area contributed by atoms with Crippen LogP contribution in [0.5, 0.6) is 0 Å². The number of nitrogens with one attached hydrogen (secondary N) is 2. The Morgan fingerprint density at radius 3 is 3.00 bits per heavy atom. The molecule has 8 heteroatoms. The van der Waals surface area contributed by atoms with E-state index in [2.05, 4.69) is 20.3 Å². The maximum Gasteiger partial charge on any atom is 0.315 e. The molecule has 0 bridgehead atoms. The van der Waals surface area contributed by atoms with Gasteiger partial charge in [-0.25, -0.2) is 4.79 Å². The van der Waals surface area contributed by atoms with Gasteiger partial charge in [0.15, 0.2) is 0 Å². The number of ether oxygens (including phenoxy) is 1. The molecule has 0 aromatic carbocycles. The van der Waals surface area contributed by atoms with Gasteiger partial charge in [-0.15, -0.1) is 0 Å². The lowest BCUT2D eigenvalue weighted by Gasteiger charge is -2.15. The van der Waals surface area contributed by atoms with Crippen LogP contribution in [0.4, 0.5) is 4.79 Å². The average Bonchev–Trinajstić information content (AvgIpc) is 2.96. The summed E-state index contributed by atoms with van der Waals surface area (Å²) >= 11 is 0. The molecule has 1 aliphatic heterocycles. The molecule has 1 aliphatic rings. The fourth-order valence-corrected chi connectivity index (χ4v) is 1.66. The molecule has 98 valence electrons. The van der Waals surface area contributed by atoms with Gasteiger partial charge in [0.1, 0.15) is 17.9 Å². The zero-order valence-corrected chi connectivity index (χ0v) is 9.46. The standard InChI is InChI=1S/C10H13N3O5/c14-9(15)7-4-17-5-8(7)12-10(16)11-3-6-1-2-18-13-6/h1-2,7-8H,3-5H2,(H,14,15)(H2,11,12,16). The summed E-state index contributed by atoms with van der Waals surface area (Å²) in [6.45, 7) is 0.533. The highest BCUT2D eigenvalue weighted by Crippen LogP contribution is 2.13. The predicted octanol–water partition coefficient (Wildman–Crippen LogP) is -0.427. The molecule has 18 heavy (non-hydrogen) atoms. The quantitative estimate of drug-likeness (QED) is 0.673. The summed E-state index contributed by atoms with van der Waals surface area (Å²) in [6, 6.07) is 0.651. The van der Waals surface area contributed by atoms with Gasteiger partial charge in [-0.05, 0) is 0 Å². The average molecular weight is 255 g/mol. The summed E-state index contributed by atoms with van der Waals surface area (Å²) in [6.07, 6.45) is 1.40. The van der Waals surface area contributed by atoms with Gasteiger partial charge in [0.05, 0.1) is 25.8 Å². The molecule has 2 heterocycles. The molecule has 1 aromatic heterocycles. The van der Waals surface area contributed by atoms with Crippen LogP contribution in [0.3, 0.4) is 0 Å². The SMILES string of the molecule is O=C(NCc1ccon1)NC1COCC1C(=O)O. The Hall–Kier alpha value is -2.09. The van der Waals surface area contributed by atoms with Gasteiger partial charge in [-0.2, -0.15) is 0 Å². The summed E-state index contributed by atoms with van der Waals surface area (Å²) < 4.78 is 9.64. The van der Waals surface area contributed by atoms with E-state index in [4.69, 9.17) is 9.84 Å². The third kappa shape index (κ3) is 2.98. The highest BCUT2D eigenvalue weighted by atomic mass is 16.5. The first-order chi connectivity index (χ1) is 8.66. The summed E-state index contributed by atoms with van der Waals surface area (Å²) in [4.78, 5) is 22.4. The lowest BCUT2D eigenvalue weighted by Crippen LogP contribution is -2.47. The maximum atomic E-state index is 11.5. The maximum absolute atomic E-state index is 11.5. The number of aromatic nitrogens is 1. The molecule has 2 atom stereocenters. The van der Waals surface area contributed by atoms with E-state index in [9.17, 15) is 9.59 Å².